The van der Waals surface area contributed by atoms with E-state index in [4.69, 9.17) is 0 Å². The molecule has 0 aliphatic heterocycles. The van der Waals surface area contributed by atoms with Gasteiger partial charge < -0.3 is 5.32 Å². The summed E-state index contributed by atoms with van der Waals surface area (Å²) in [7, 11) is 0. The average Bonchev–Trinajstić information content (AvgIpc) is 3.10. The number of nitrogens with one attached hydrogen (secondary N) is 1. The van der Waals surface area contributed by atoms with Gasteiger partial charge in [0.15, 0.2) is 0 Å². The minimum Gasteiger partial charge on any atom is -0.305 e. The third-order valence-electron chi connectivity index (χ3n) is 4.33. The van der Waals surface area contributed by atoms with Crippen LogP contribution in [0.25, 0.3) is 0 Å². The zero-order valence-electron chi connectivity index (χ0n) is 14.6. The zero-order chi connectivity index (χ0) is 18.2. The van der Waals surface area contributed by atoms with Crippen LogP contribution in [0.4, 0.5) is 8.78 Å². The molecule has 136 valence electrons. The molecule has 0 saturated carbocycles. The summed E-state index contributed by atoms with van der Waals surface area (Å²) in [4.78, 5) is 0. The van der Waals surface area contributed by atoms with Gasteiger partial charge in [0.2, 0.25) is 0 Å². The van der Waals surface area contributed by atoms with Crippen LogP contribution in [0.15, 0.2) is 73.1 Å². The van der Waals surface area contributed by atoms with Crippen molar-refractivity contribution in [2.45, 2.75) is 38.4 Å². The summed E-state index contributed by atoms with van der Waals surface area (Å²) in [5.74, 6) is 0. The third-order valence-corrected chi connectivity index (χ3v) is 4.33. The van der Waals surface area contributed by atoms with E-state index >= 15 is 0 Å². The zero-order valence-corrected chi connectivity index (χ0v) is 14.6. The second-order valence-electron chi connectivity index (χ2n) is 6.38. The van der Waals surface area contributed by atoms with Gasteiger partial charge in [-0.1, -0.05) is 60.7 Å². The highest BCUT2D eigenvalue weighted by Crippen LogP contribution is 2.12. The minimum atomic E-state index is -2.39. The normalized spacial score (nSPS) is 12.4. The first-order chi connectivity index (χ1) is 12.7. The van der Waals surface area contributed by atoms with Crippen LogP contribution in [0.3, 0.4) is 0 Å². The van der Waals surface area contributed by atoms with Gasteiger partial charge in [0, 0.05) is 18.3 Å². The molecule has 3 aromatic rings. The lowest BCUT2D eigenvalue weighted by Gasteiger charge is -2.17. The molecule has 0 bridgehead atoms. The van der Waals surface area contributed by atoms with E-state index < -0.39 is 12.5 Å². The fraction of sp³-hybridized carbons (Fsp3) is 0.286. The van der Waals surface area contributed by atoms with E-state index in [9.17, 15) is 8.78 Å². The molecule has 0 spiro atoms. The van der Waals surface area contributed by atoms with Crippen molar-refractivity contribution in [1.82, 2.24) is 15.1 Å². The summed E-state index contributed by atoms with van der Waals surface area (Å²) in [6.07, 6.45) is 2.28. The molecule has 2 aromatic carbocycles. The van der Waals surface area contributed by atoms with Crippen LogP contribution in [0.1, 0.15) is 23.1 Å². The lowest BCUT2D eigenvalue weighted by Crippen LogP contribution is -2.35. The van der Waals surface area contributed by atoms with Gasteiger partial charge in [-0.25, -0.2) is 8.78 Å². The first-order valence-corrected chi connectivity index (χ1v) is 8.81. The second kappa shape index (κ2) is 9.25. The SMILES string of the molecule is FC(F)[C@H](CCc1ccccc1)NCc1cnn(Cc2ccccc2)c1. The van der Waals surface area contributed by atoms with Crippen molar-refractivity contribution < 1.29 is 8.78 Å². The topological polar surface area (TPSA) is 29.9 Å². The summed E-state index contributed by atoms with van der Waals surface area (Å²) in [6, 6.07) is 18.9. The second-order valence-corrected chi connectivity index (χ2v) is 6.38. The van der Waals surface area contributed by atoms with E-state index in [2.05, 4.69) is 10.4 Å². The van der Waals surface area contributed by atoms with Gasteiger partial charge >= 0.3 is 0 Å². The van der Waals surface area contributed by atoms with Crippen molar-refractivity contribution in [3.05, 3.63) is 89.7 Å². The highest BCUT2D eigenvalue weighted by Gasteiger charge is 2.19. The van der Waals surface area contributed by atoms with Crippen molar-refractivity contribution in [2.24, 2.45) is 0 Å². The molecule has 1 aromatic heterocycles. The summed E-state index contributed by atoms with van der Waals surface area (Å²) >= 11 is 0. The molecule has 1 atom stereocenters. The van der Waals surface area contributed by atoms with Crippen LogP contribution >= 0.6 is 0 Å². The van der Waals surface area contributed by atoms with Gasteiger partial charge in [-0.3, -0.25) is 4.68 Å². The standard InChI is InChI=1S/C21H23F2N3/c22-21(23)20(12-11-17-7-3-1-4-8-17)24-13-19-14-25-26(16-19)15-18-9-5-2-6-10-18/h1-10,14,16,20-21,24H,11-13,15H2/t20-/m0/s1. The Bertz CT molecular complexity index is 772. The van der Waals surface area contributed by atoms with Crippen LogP contribution in [-0.4, -0.2) is 22.2 Å². The number of aromatic nitrogens is 2. The maximum Gasteiger partial charge on any atom is 0.253 e. The molecule has 0 saturated heterocycles. The Labute approximate surface area is 152 Å². The van der Waals surface area contributed by atoms with Crippen LogP contribution in [0, 0.1) is 0 Å². The van der Waals surface area contributed by atoms with Crippen molar-refractivity contribution >= 4 is 0 Å². The Hall–Kier alpha value is -2.53. The Balaban J connectivity index is 1.51. The van der Waals surface area contributed by atoms with E-state index in [-0.39, 0.29) is 0 Å². The van der Waals surface area contributed by atoms with Gasteiger partial charge in [0.05, 0.1) is 18.8 Å². The highest BCUT2D eigenvalue weighted by molar-refractivity contribution is 5.16. The predicted molar refractivity (Wildman–Crippen MR) is 99.2 cm³/mol. The van der Waals surface area contributed by atoms with Gasteiger partial charge in [0.1, 0.15) is 0 Å². The number of hydrogen-bond donors (Lipinski definition) is 1. The lowest BCUT2D eigenvalue weighted by atomic mass is 10.1. The molecule has 1 N–H and O–H groups in total. The highest BCUT2D eigenvalue weighted by atomic mass is 19.3. The van der Waals surface area contributed by atoms with Crippen molar-refractivity contribution in [1.29, 1.82) is 0 Å². The van der Waals surface area contributed by atoms with Crippen LogP contribution < -0.4 is 5.32 Å². The Morgan fingerprint density at radius 3 is 2.19 bits per heavy atom. The van der Waals surface area contributed by atoms with E-state index in [1.165, 1.54) is 0 Å². The summed E-state index contributed by atoms with van der Waals surface area (Å²) in [6.45, 7) is 1.06. The van der Waals surface area contributed by atoms with Crippen LogP contribution in [0.2, 0.25) is 0 Å². The number of alkyl halides is 2. The maximum absolute atomic E-state index is 13.3. The van der Waals surface area contributed by atoms with E-state index in [0.29, 0.717) is 25.9 Å². The average molecular weight is 355 g/mol. The Morgan fingerprint density at radius 2 is 1.54 bits per heavy atom. The van der Waals surface area contributed by atoms with E-state index in [0.717, 1.165) is 16.7 Å². The van der Waals surface area contributed by atoms with Crippen molar-refractivity contribution in [3.63, 3.8) is 0 Å². The molecule has 3 rings (SSSR count). The molecule has 26 heavy (non-hydrogen) atoms. The molecule has 0 amide bonds. The summed E-state index contributed by atoms with van der Waals surface area (Å²) in [5, 5.41) is 7.30. The van der Waals surface area contributed by atoms with Crippen molar-refractivity contribution in [3.8, 4) is 0 Å². The number of hydrogen-bond acceptors (Lipinski definition) is 2. The monoisotopic (exact) mass is 355 g/mol. The lowest BCUT2D eigenvalue weighted by molar-refractivity contribution is 0.0933. The molecule has 0 aliphatic rings. The molecule has 0 aliphatic carbocycles. The minimum absolute atomic E-state index is 0.387. The molecule has 0 unspecified atom stereocenters. The predicted octanol–water partition coefficient (Wildman–Crippen LogP) is 4.29. The Kier molecular flexibility index (Phi) is 6.50. The fourth-order valence-electron chi connectivity index (χ4n) is 2.89. The Morgan fingerprint density at radius 1 is 0.885 bits per heavy atom. The molecular formula is C21H23F2N3. The third kappa shape index (κ3) is 5.49. The van der Waals surface area contributed by atoms with E-state index in [1.807, 2.05) is 71.5 Å². The first-order valence-electron chi connectivity index (χ1n) is 8.81. The van der Waals surface area contributed by atoms with Gasteiger partial charge in [0.25, 0.3) is 6.43 Å². The molecule has 0 radical (unpaired) electrons. The molecule has 5 heteroatoms. The number of rotatable bonds is 9. The number of aryl methyl sites for hydroxylation is 1. The molecule has 0 fully saturated rings. The van der Waals surface area contributed by atoms with Crippen molar-refractivity contribution in [2.75, 3.05) is 0 Å². The summed E-state index contributed by atoms with van der Waals surface area (Å²) < 4.78 is 28.5. The van der Waals surface area contributed by atoms with Gasteiger partial charge in [-0.2, -0.15) is 5.10 Å². The number of nitrogens with zero attached hydrogens (tertiary/aromatic N) is 2. The van der Waals surface area contributed by atoms with Gasteiger partial charge in [-0.05, 0) is 24.0 Å². The fourth-order valence-corrected chi connectivity index (χ4v) is 2.89. The maximum atomic E-state index is 13.3. The van der Waals surface area contributed by atoms with Crippen LogP contribution in [-0.2, 0) is 19.5 Å². The molecular weight excluding hydrogens is 332 g/mol. The van der Waals surface area contributed by atoms with Gasteiger partial charge in [-0.15, -0.1) is 0 Å². The van der Waals surface area contributed by atoms with E-state index in [1.54, 1.807) is 6.20 Å². The summed E-state index contributed by atoms with van der Waals surface area (Å²) in [5.41, 5.74) is 3.14. The quantitative estimate of drug-likeness (QED) is 0.621. The molecule has 1 heterocycles. The number of benzene rings is 2. The molecule has 3 nitrogen and oxygen atoms in total. The largest absolute Gasteiger partial charge is 0.305 e. The first kappa shape index (κ1) is 18.3. The number of halogens is 2. The van der Waals surface area contributed by atoms with Crippen LogP contribution in [0.5, 0.6) is 0 Å². The smallest absolute Gasteiger partial charge is 0.253 e.